The van der Waals surface area contributed by atoms with Gasteiger partial charge in [0.25, 0.3) is 0 Å². The molecule has 0 spiro atoms. The molecule has 1 heteroatoms. The van der Waals surface area contributed by atoms with Gasteiger partial charge in [-0.25, -0.2) is 0 Å². The van der Waals surface area contributed by atoms with Crippen LogP contribution in [0.5, 0.6) is 0 Å². The monoisotopic (exact) mass is 277 g/mol. The molecule has 3 aliphatic rings. The van der Waals surface area contributed by atoms with Gasteiger partial charge in [-0.1, -0.05) is 39.5 Å². The Morgan fingerprint density at radius 3 is 2.30 bits per heavy atom. The zero-order valence-corrected chi connectivity index (χ0v) is 13.7. The topological polar surface area (TPSA) is 26.0 Å². The maximum atomic E-state index is 5.95. The molecule has 0 bridgehead atoms. The standard InChI is InChI=1S/C19H35N/c1-13-6-7-17(12-18(8-13)16-4-3-5-16)14(2)9-15-10-19(20)11-15/h13-19H,3-12,20H2,1-2H3. The Bertz CT molecular complexity index is 303. The van der Waals surface area contributed by atoms with Crippen LogP contribution < -0.4 is 5.73 Å². The molecule has 3 rings (SSSR count). The molecule has 0 radical (unpaired) electrons. The smallest absolute Gasteiger partial charge is 0.00441 e. The summed E-state index contributed by atoms with van der Waals surface area (Å²) in [5.74, 6) is 6.07. The van der Waals surface area contributed by atoms with Crippen molar-refractivity contribution >= 4 is 0 Å². The molecule has 0 aliphatic heterocycles. The maximum absolute atomic E-state index is 5.95. The molecule has 0 aromatic heterocycles. The first-order valence-corrected chi connectivity index (χ1v) is 9.37. The van der Waals surface area contributed by atoms with E-state index in [2.05, 4.69) is 13.8 Å². The Hall–Kier alpha value is -0.0400. The predicted molar refractivity (Wildman–Crippen MR) is 86.4 cm³/mol. The van der Waals surface area contributed by atoms with Crippen LogP contribution >= 0.6 is 0 Å². The highest BCUT2D eigenvalue weighted by Gasteiger charge is 2.35. The van der Waals surface area contributed by atoms with Gasteiger partial charge in [-0.2, -0.15) is 0 Å². The van der Waals surface area contributed by atoms with Crippen LogP contribution in [-0.2, 0) is 0 Å². The zero-order chi connectivity index (χ0) is 14.1. The molecule has 0 saturated heterocycles. The van der Waals surface area contributed by atoms with Gasteiger partial charge in [-0.05, 0) is 74.0 Å². The molecular formula is C19H35N. The maximum Gasteiger partial charge on any atom is 0.00441 e. The van der Waals surface area contributed by atoms with Gasteiger partial charge in [0, 0.05) is 6.04 Å². The lowest BCUT2D eigenvalue weighted by molar-refractivity contribution is 0.133. The summed E-state index contributed by atoms with van der Waals surface area (Å²) in [6, 6.07) is 0.532. The third-order valence-corrected chi connectivity index (χ3v) is 6.94. The lowest BCUT2D eigenvalue weighted by atomic mass is 9.68. The van der Waals surface area contributed by atoms with Crippen molar-refractivity contribution in [2.75, 3.05) is 0 Å². The minimum Gasteiger partial charge on any atom is -0.328 e. The summed E-state index contributed by atoms with van der Waals surface area (Å²) in [5.41, 5.74) is 5.95. The summed E-state index contributed by atoms with van der Waals surface area (Å²) in [7, 11) is 0. The molecule has 3 aliphatic carbocycles. The van der Waals surface area contributed by atoms with Gasteiger partial charge in [0.15, 0.2) is 0 Å². The van der Waals surface area contributed by atoms with Crippen LogP contribution in [0.2, 0.25) is 0 Å². The van der Waals surface area contributed by atoms with E-state index in [1.807, 2.05) is 0 Å². The average Bonchev–Trinajstić information content (AvgIpc) is 2.47. The van der Waals surface area contributed by atoms with Gasteiger partial charge < -0.3 is 5.73 Å². The van der Waals surface area contributed by atoms with Crippen molar-refractivity contribution < 1.29 is 0 Å². The summed E-state index contributed by atoms with van der Waals surface area (Å²) in [5, 5.41) is 0. The van der Waals surface area contributed by atoms with Crippen LogP contribution in [0.25, 0.3) is 0 Å². The van der Waals surface area contributed by atoms with E-state index in [0.29, 0.717) is 6.04 Å². The first-order chi connectivity index (χ1) is 9.61. The Balaban J connectivity index is 1.53. The Morgan fingerprint density at radius 2 is 1.70 bits per heavy atom. The molecular weight excluding hydrogens is 242 g/mol. The Labute approximate surface area is 126 Å². The van der Waals surface area contributed by atoms with Crippen molar-refractivity contribution in [1.29, 1.82) is 0 Å². The molecule has 4 unspecified atom stereocenters. The molecule has 0 heterocycles. The number of rotatable bonds is 4. The fourth-order valence-corrected chi connectivity index (χ4v) is 5.25. The van der Waals surface area contributed by atoms with Gasteiger partial charge >= 0.3 is 0 Å². The number of hydrogen-bond donors (Lipinski definition) is 1. The number of nitrogens with two attached hydrogens (primary N) is 1. The van der Waals surface area contributed by atoms with Crippen LogP contribution in [0.4, 0.5) is 0 Å². The van der Waals surface area contributed by atoms with E-state index in [1.165, 1.54) is 57.8 Å². The minimum absolute atomic E-state index is 0.532. The highest BCUT2D eigenvalue weighted by Crippen LogP contribution is 2.46. The molecule has 0 aromatic rings. The molecule has 0 aromatic carbocycles. The molecule has 3 saturated carbocycles. The van der Waals surface area contributed by atoms with Crippen LogP contribution in [0.3, 0.4) is 0 Å². The summed E-state index contributed by atoms with van der Waals surface area (Å²) >= 11 is 0. The quantitative estimate of drug-likeness (QED) is 0.720. The lowest BCUT2D eigenvalue weighted by Crippen LogP contribution is -2.37. The lowest BCUT2D eigenvalue weighted by Gasteiger charge is -2.39. The Kier molecular flexibility index (Phi) is 4.75. The SMILES string of the molecule is CC1CCC(C(C)CC2CC(N)C2)CC(C2CCC2)C1. The van der Waals surface area contributed by atoms with Crippen LogP contribution in [0.1, 0.15) is 78.1 Å². The molecule has 1 nitrogen and oxygen atoms in total. The van der Waals surface area contributed by atoms with E-state index >= 15 is 0 Å². The summed E-state index contributed by atoms with van der Waals surface area (Å²) in [6.07, 6.45) is 14.7. The molecule has 3 fully saturated rings. The Morgan fingerprint density at radius 1 is 0.950 bits per heavy atom. The summed E-state index contributed by atoms with van der Waals surface area (Å²) in [4.78, 5) is 0. The van der Waals surface area contributed by atoms with E-state index in [9.17, 15) is 0 Å². The van der Waals surface area contributed by atoms with E-state index in [0.717, 1.165) is 35.5 Å². The predicted octanol–water partition coefficient (Wildman–Crippen LogP) is 4.99. The molecule has 0 amide bonds. The second-order valence-corrected chi connectivity index (χ2v) is 8.68. The van der Waals surface area contributed by atoms with E-state index in [1.54, 1.807) is 6.42 Å². The highest BCUT2D eigenvalue weighted by atomic mass is 14.7. The third-order valence-electron chi connectivity index (χ3n) is 6.94. The van der Waals surface area contributed by atoms with Crippen molar-refractivity contribution in [2.45, 2.75) is 84.1 Å². The zero-order valence-electron chi connectivity index (χ0n) is 13.7. The molecule has 2 N–H and O–H groups in total. The van der Waals surface area contributed by atoms with Crippen molar-refractivity contribution in [3.05, 3.63) is 0 Å². The van der Waals surface area contributed by atoms with E-state index in [4.69, 9.17) is 5.73 Å². The first kappa shape index (κ1) is 14.9. The molecule has 4 atom stereocenters. The van der Waals surface area contributed by atoms with Crippen molar-refractivity contribution in [3.63, 3.8) is 0 Å². The minimum atomic E-state index is 0.532. The highest BCUT2D eigenvalue weighted by molar-refractivity contribution is 4.88. The molecule has 116 valence electrons. The summed E-state index contributed by atoms with van der Waals surface area (Å²) < 4.78 is 0. The number of hydrogen-bond acceptors (Lipinski definition) is 1. The van der Waals surface area contributed by atoms with E-state index < -0.39 is 0 Å². The van der Waals surface area contributed by atoms with Gasteiger partial charge in [0.2, 0.25) is 0 Å². The fraction of sp³-hybridized carbons (Fsp3) is 1.00. The van der Waals surface area contributed by atoms with E-state index in [-0.39, 0.29) is 0 Å². The van der Waals surface area contributed by atoms with Crippen LogP contribution in [0, 0.1) is 35.5 Å². The van der Waals surface area contributed by atoms with Gasteiger partial charge in [0.05, 0.1) is 0 Å². The molecule has 20 heavy (non-hydrogen) atoms. The largest absolute Gasteiger partial charge is 0.328 e. The normalized spacial score (nSPS) is 44.2. The van der Waals surface area contributed by atoms with Crippen molar-refractivity contribution in [3.8, 4) is 0 Å². The van der Waals surface area contributed by atoms with Gasteiger partial charge in [-0.15, -0.1) is 0 Å². The van der Waals surface area contributed by atoms with Crippen molar-refractivity contribution in [1.82, 2.24) is 0 Å². The van der Waals surface area contributed by atoms with Gasteiger partial charge in [-0.3, -0.25) is 0 Å². The first-order valence-electron chi connectivity index (χ1n) is 9.37. The van der Waals surface area contributed by atoms with Gasteiger partial charge in [0.1, 0.15) is 0 Å². The summed E-state index contributed by atoms with van der Waals surface area (Å²) in [6.45, 7) is 5.05. The third kappa shape index (κ3) is 3.40. The second kappa shape index (κ2) is 6.38. The van der Waals surface area contributed by atoms with Crippen molar-refractivity contribution in [2.24, 2.45) is 41.2 Å². The second-order valence-electron chi connectivity index (χ2n) is 8.68. The van der Waals surface area contributed by atoms with Crippen LogP contribution in [0.15, 0.2) is 0 Å². The average molecular weight is 277 g/mol. The fourth-order valence-electron chi connectivity index (χ4n) is 5.25. The van der Waals surface area contributed by atoms with Crippen LogP contribution in [-0.4, -0.2) is 6.04 Å².